The van der Waals surface area contributed by atoms with Gasteiger partial charge in [0.05, 0.1) is 16.0 Å². The Balaban J connectivity index is 2.36. The van der Waals surface area contributed by atoms with Gasteiger partial charge in [0, 0.05) is 17.3 Å². The predicted molar refractivity (Wildman–Crippen MR) is 97.2 cm³/mol. The van der Waals surface area contributed by atoms with Crippen molar-refractivity contribution in [2.45, 2.75) is 31.1 Å². The number of hydrogen-bond donors (Lipinski definition) is 2. The van der Waals surface area contributed by atoms with Crippen LogP contribution in [0.3, 0.4) is 0 Å². The van der Waals surface area contributed by atoms with Crippen LogP contribution in [0.5, 0.6) is 0 Å². The number of carbonyl (C=O) groups is 1. The lowest BCUT2D eigenvalue weighted by Gasteiger charge is -2.15. The van der Waals surface area contributed by atoms with E-state index in [0.717, 1.165) is 0 Å². The molecule has 30 heavy (non-hydrogen) atoms. The molecule has 0 fully saturated rings. The lowest BCUT2D eigenvalue weighted by atomic mass is 10.1. The van der Waals surface area contributed by atoms with Crippen LogP contribution in [-0.2, 0) is 27.2 Å². The van der Waals surface area contributed by atoms with Crippen LogP contribution in [0.1, 0.15) is 25.0 Å². The van der Waals surface area contributed by atoms with E-state index < -0.39 is 38.4 Å². The molecule has 0 bridgehead atoms. The van der Waals surface area contributed by atoms with Gasteiger partial charge in [-0.25, -0.2) is 8.42 Å². The number of nitrogens with one attached hydrogen (secondary N) is 2. The quantitative estimate of drug-likeness (QED) is 0.616. The molecule has 0 heterocycles. The maximum absolute atomic E-state index is 12.9. The van der Waals surface area contributed by atoms with Crippen LogP contribution < -0.4 is 10.0 Å². The Morgan fingerprint density at radius 2 is 1.27 bits per heavy atom. The van der Waals surface area contributed by atoms with Gasteiger partial charge in [0.1, 0.15) is 0 Å². The molecule has 1 amide bonds. The number of benzene rings is 2. The lowest BCUT2D eigenvalue weighted by molar-refractivity contribution is -0.143. The van der Waals surface area contributed by atoms with Gasteiger partial charge in [0.2, 0.25) is 5.91 Å². The first-order valence-corrected chi connectivity index (χ1v) is 9.81. The highest BCUT2D eigenvalue weighted by molar-refractivity contribution is 7.92. The SMILES string of the molecule is CC(C)C(=O)Nc1ccc(NS(=O)(=O)c2cc(C(F)(F)F)cc(C(F)(F)F)c2)cc1. The Hall–Kier alpha value is -2.76. The fraction of sp³-hybridized carbons (Fsp3) is 0.278. The Bertz CT molecular complexity index is 997. The summed E-state index contributed by atoms with van der Waals surface area (Å²) < 4.78 is 104. The summed E-state index contributed by atoms with van der Waals surface area (Å²) in [6.07, 6.45) is -10.4. The van der Waals surface area contributed by atoms with Crippen molar-refractivity contribution >= 4 is 27.3 Å². The maximum atomic E-state index is 12.9. The number of hydrogen-bond acceptors (Lipinski definition) is 3. The minimum absolute atomic E-state index is 0.120. The van der Waals surface area contributed by atoms with Crippen LogP contribution in [0.2, 0.25) is 0 Å². The van der Waals surface area contributed by atoms with Gasteiger partial charge in [-0.05, 0) is 42.5 Å². The third-order valence-corrected chi connectivity index (χ3v) is 5.16. The van der Waals surface area contributed by atoms with Gasteiger partial charge in [-0.15, -0.1) is 0 Å². The molecule has 0 aliphatic heterocycles. The second kappa shape index (κ2) is 8.17. The molecule has 0 aliphatic carbocycles. The van der Waals surface area contributed by atoms with Crippen molar-refractivity contribution in [3.8, 4) is 0 Å². The highest BCUT2D eigenvalue weighted by Crippen LogP contribution is 2.37. The number of anilines is 2. The first kappa shape index (κ1) is 23.5. The van der Waals surface area contributed by atoms with Crippen LogP contribution in [0.25, 0.3) is 0 Å². The largest absolute Gasteiger partial charge is 0.416 e. The highest BCUT2D eigenvalue weighted by Gasteiger charge is 2.38. The molecule has 164 valence electrons. The molecule has 2 N–H and O–H groups in total. The van der Waals surface area contributed by atoms with Crippen molar-refractivity contribution in [2.75, 3.05) is 10.0 Å². The molecule has 5 nitrogen and oxygen atoms in total. The average Bonchev–Trinajstić information content (AvgIpc) is 2.61. The zero-order valence-electron chi connectivity index (χ0n) is 15.5. The molecule has 2 aromatic rings. The summed E-state index contributed by atoms with van der Waals surface area (Å²) in [6.45, 7) is 3.31. The van der Waals surface area contributed by atoms with Crippen molar-refractivity contribution in [3.05, 3.63) is 53.6 Å². The number of rotatable bonds is 5. The zero-order valence-corrected chi connectivity index (χ0v) is 16.3. The Kier molecular flexibility index (Phi) is 6.40. The number of amides is 1. The number of carbonyl (C=O) groups excluding carboxylic acids is 1. The van der Waals surface area contributed by atoms with E-state index in [0.29, 0.717) is 5.69 Å². The van der Waals surface area contributed by atoms with Gasteiger partial charge >= 0.3 is 12.4 Å². The predicted octanol–water partition coefficient (Wildman–Crippen LogP) is 5.12. The molecule has 0 saturated heterocycles. The van der Waals surface area contributed by atoms with Crippen LogP contribution in [-0.4, -0.2) is 14.3 Å². The van der Waals surface area contributed by atoms with E-state index in [2.05, 4.69) is 5.32 Å². The fourth-order valence-corrected chi connectivity index (χ4v) is 3.33. The maximum Gasteiger partial charge on any atom is 0.416 e. The van der Waals surface area contributed by atoms with E-state index in [1.165, 1.54) is 24.3 Å². The van der Waals surface area contributed by atoms with E-state index in [-0.39, 0.29) is 35.7 Å². The monoisotopic (exact) mass is 454 g/mol. The van der Waals surface area contributed by atoms with Gasteiger partial charge in [0.15, 0.2) is 0 Å². The Morgan fingerprint density at radius 1 is 0.833 bits per heavy atom. The molecule has 0 saturated carbocycles. The molecule has 0 radical (unpaired) electrons. The molecular formula is C18H16F6N2O3S. The summed E-state index contributed by atoms with van der Waals surface area (Å²) in [4.78, 5) is 10.4. The van der Waals surface area contributed by atoms with E-state index in [9.17, 15) is 39.6 Å². The van der Waals surface area contributed by atoms with Crippen LogP contribution in [0.4, 0.5) is 37.7 Å². The van der Waals surface area contributed by atoms with Gasteiger partial charge in [-0.1, -0.05) is 13.8 Å². The Morgan fingerprint density at radius 3 is 1.67 bits per heavy atom. The molecular weight excluding hydrogens is 438 g/mol. The topological polar surface area (TPSA) is 75.3 Å². The van der Waals surface area contributed by atoms with Gasteiger partial charge in [-0.3, -0.25) is 9.52 Å². The average molecular weight is 454 g/mol. The van der Waals surface area contributed by atoms with Crippen molar-refractivity contribution in [1.29, 1.82) is 0 Å². The molecule has 0 spiro atoms. The summed E-state index contributed by atoms with van der Waals surface area (Å²) in [7, 11) is -4.77. The zero-order chi connectivity index (χ0) is 22.9. The minimum atomic E-state index is -5.18. The minimum Gasteiger partial charge on any atom is -0.326 e. The van der Waals surface area contributed by atoms with Crippen LogP contribution in [0.15, 0.2) is 47.4 Å². The third-order valence-electron chi connectivity index (χ3n) is 3.80. The normalized spacial score (nSPS) is 12.7. The number of alkyl halides is 6. The first-order chi connectivity index (χ1) is 13.6. The van der Waals surface area contributed by atoms with E-state index in [4.69, 9.17) is 0 Å². The summed E-state index contributed by atoms with van der Waals surface area (Å²) >= 11 is 0. The fourth-order valence-electron chi connectivity index (χ4n) is 2.20. The van der Waals surface area contributed by atoms with Crippen LogP contribution >= 0.6 is 0 Å². The van der Waals surface area contributed by atoms with Crippen molar-refractivity contribution < 1.29 is 39.6 Å². The van der Waals surface area contributed by atoms with Crippen molar-refractivity contribution in [3.63, 3.8) is 0 Å². The summed E-state index contributed by atoms with van der Waals surface area (Å²) in [6, 6.07) is 5.13. The van der Waals surface area contributed by atoms with Crippen LogP contribution in [0, 0.1) is 5.92 Å². The summed E-state index contributed by atoms with van der Waals surface area (Å²) in [5.74, 6) is -0.612. The smallest absolute Gasteiger partial charge is 0.326 e. The van der Waals surface area contributed by atoms with Crippen molar-refractivity contribution in [1.82, 2.24) is 0 Å². The lowest BCUT2D eigenvalue weighted by Crippen LogP contribution is -2.18. The summed E-state index contributed by atoms with van der Waals surface area (Å²) in [5, 5.41) is 2.55. The third kappa shape index (κ3) is 5.88. The second-order valence-electron chi connectivity index (χ2n) is 6.57. The first-order valence-electron chi connectivity index (χ1n) is 8.33. The Labute approximate surface area is 168 Å². The van der Waals surface area contributed by atoms with E-state index in [1.807, 2.05) is 4.72 Å². The van der Waals surface area contributed by atoms with E-state index in [1.54, 1.807) is 13.8 Å². The van der Waals surface area contributed by atoms with Crippen molar-refractivity contribution in [2.24, 2.45) is 5.92 Å². The molecule has 0 unspecified atom stereocenters. The second-order valence-corrected chi connectivity index (χ2v) is 8.25. The van der Waals surface area contributed by atoms with Gasteiger partial charge in [-0.2, -0.15) is 26.3 Å². The molecule has 0 aliphatic rings. The standard InChI is InChI=1S/C18H16F6N2O3S/c1-10(2)16(27)25-13-3-5-14(6-4-13)26-30(28,29)15-8-11(17(19,20)21)7-12(9-15)18(22,23)24/h3-10,26H,1-2H3,(H,25,27). The van der Waals surface area contributed by atoms with Gasteiger partial charge < -0.3 is 5.32 Å². The number of sulfonamides is 1. The number of halogens is 6. The highest BCUT2D eigenvalue weighted by atomic mass is 32.2. The molecule has 0 aromatic heterocycles. The van der Waals surface area contributed by atoms with Gasteiger partial charge in [0.25, 0.3) is 10.0 Å². The molecule has 0 atom stereocenters. The summed E-state index contributed by atoms with van der Waals surface area (Å²) in [5.41, 5.74) is -3.28. The molecule has 12 heteroatoms. The molecule has 2 rings (SSSR count). The van der Waals surface area contributed by atoms with E-state index >= 15 is 0 Å². The molecule has 2 aromatic carbocycles.